The Kier molecular flexibility index (Phi) is 8.99. The predicted octanol–water partition coefficient (Wildman–Crippen LogP) is 2.04. The number of hydrogen-bond acceptors (Lipinski definition) is 7. The second-order valence-corrected chi connectivity index (χ2v) is 6.79. The Hall–Kier alpha value is -4.09. The number of carbonyl (C=O) groups excluding carboxylic acids is 2. The van der Waals surface area contributed by atoms with Gasteiger partial charge < -0.3 is 29.3 Å². The molecule has 9 nitrogen and oxygen atoms in total. The fourth-order valence-corrected chi connectivity index (χ4v) is 2.73. The van der Waals surface area contributed by atoms with E-state index in [1.807, 2.05) is 24.3 Å². The first kappa shape index (κ1) is 26.2. The molecular weight excluding hydrogens is 459 g/mol. The molecule has 0 aliphatic heterocycles. The maximum Gasteiger partial charge on any atom is 0.430 e. The zero-order valence-electron chi connectivity index (χ0n) is 18.2. The molecule has 3 aromatic rings. The van der Waals surface area contributed by atoms with Gasteiger partial charge in [0.1, 0.15) is 23.3 Å². The highest BCUT2D eigenvalue weighted by molar-refractivity contribution is 5.89. The molecule has 0 radical (unpaired) electrons. The van der Waals surface area contributed by atoms with Gasteiger partial charge in [0, 0.05) is 37.2 Å². The van der Waals surface area contributed by atoms with E-state index >= 15 is 0 Å². The molecule has 34 heavy (non-hydrogen) atoms. The van der Waals surface area contributed by atoms with E-state index in [9.17, 15) is 22.8 Å². The molecule has 0 saturated heterocycles. The molecule has 1 amide bonds. The number of halogens is 3. The third kappa shape index (κ3) is 7.50. The Morgan fingerprint density at radius 2 is 1.85 bits per heavy atom. The van der Waals surface area contributed by atoms with Crippen LogP contribution in [-0.4, -0.2) is 41.3 Å². The minimum Gasteiger partial charge on any atom is -0.542 e. The third-order valence-electron chi connectivity index (χ3n) is 4.39. The van der Waals surface area contributed by atoms with Gasteiger partial charge in [-0.2, -0.15) is 13.2 Å². The van der Waals surface area contributed by atoms with Crippen LogP contribution >= 0.6 is 0 Å². The van der Waals surface area contributed by atoms with Crippen molar-refractivity contribution in [2.24, 2.45) is 7.05 Å². The number of carboxylic acids is 1. The quantitative estimate of drug-likeness (QED) is 0.514. The lowest BCUT2D eigenvalue weighted by Crippen LogP contribution is -2.37. The van der Waals surface area contributed by atoms with Gasteiger partial charge in [-0.3, -0.25) is 9.59 Å². The normalized spacial score (nSPS) is 10.7. The number of nitrogens with one attached hydrogen (secondary N) is 1. The van der Waals surface area contributed by atoms with E-state index in [1.54, 1.807) is 37.1 Å². The highest BCUT2D eigenvalue weighted by Crippen LogP contribution is 2.23. The SMILES string of the molecule is COc1ccnc(NC(=O)CCCOc2cc(=O)n(C)c3ccccc23)c1.O=C([O-])C(F)(F)F. The maximum atomic E-state index is 12.1. The molecule has 0 atom stereocenters. The number of methoxy groups -OCH3 is 1. The molecule has 3 rings (SSSR count). The van der Waals surface area contributed by atoms with Crippen LogP contribution in [0.15, 0.2) is 53.5 Å². The standard InChI is InChI=1S/C20H21N3O4.C2HF3O2/c1-23-16-7-4-3-6-15(16)17(13-20(23)25)27-11-5-8-19(24)22-18-12-14(26-2)9-10-21-18;3-2(4,5)1(6)7/h3-4,6-7,9-10,12-13H,5,8,11H2,1-2H3,(H,21,22,24);(H,6,7)/p-1. The molecule has 1 aromatic carbocycles. The lowest BCUT2D eigenvalue weighted by molar-refractivity contribution is -0.344. The lowest BCUT2D eigenvalue weighted by atomic mass is 10.2. The number of anilines is 1. The van der Waals surface area contributed by atoms with Crippen LogP contribution in [0.5, 0.6) is 11.5 Å². The first-order chi connectivity index (χ1) is 16.0. The largest absolute Gasteiger partial charge is 0.542 e. The smallest absolute Gasteiger partial charge is 0.430 e. The molecule has 0 aliphatic rings. The fourth-order valence-electron chi connectivity index (χ4n) is 2.73. The topological polar surface area (TPSA) is 123 Å². The summed E-state index contributed by atoms with van der Waals surface area (Å²) in [6.07, 6.45) is -2.83. The minimum atomic E-state index is -5.19. The van der Waals surface area contributed by atoms with Gasteiger partial charge in [0.15, 0.2) is 0 Å². The number of nitrogens with zero attached hydrogens (tertiary/aromatic N) is 2. The molecule has 0 unspecified atom stereocenters. The van der Waals surface area contributed by atoms with Gasteiger partial charge in [0.25, 0.3) is 5.56 Å². The summed E-state index contributed by atoms with van der Waals surface area (Å²) in [7, 11) is 3.28. The van der Waals surface area contributed by atoms with Crippen LogP contribution in [0.1, 0.15) is 12.8 Å². The number of carbonyl (C=O) groups is 2. The molecule has 0 aliphatic carbocycles. The van der Waals surface area contributed by atoms with E-state index in [0.717, 1.165) is 10.9 Å². The molecule has 2 aromatic heterocycles. The summed E-state index contributed by atoms with van der Waals surface area (Å²) in [6, 6.07) is 12.4. The summed E-state index contributed by atoms with van der Waals surface area (Å²) in [5, 5.41) is 12.4. The number of hydrogen-bond donors (Lipinski definition) is 1. The summed E-state index contributed by atoms with van der Waals surface area (Å²) >= 11 is 0. The number of fused-ring (bicyclic) bond motifs is 1. The van der Waals surface area contributed by atoms with Crippen molar-refractivity contribution in [3.8, 4) is 11.5 Å². The van der Waals surface area contributed by atoms with Gasteiger partial charge in [0.05, 0.1) is 19.2 Å². The Morgan fingerprint density at radius 3 is 2.50 bits per heavy atom. The number of amides is 1. The van der Waals surface area contributed by atoms with Crippen molar-refractivity contribution >= 4 is 28.6 Å². The number of ether oxygens (including phenoxy) is 2. The second-order valence-electron chi connectivity index (χ2n) is 6.79. The number of aromatic nitrogens is 2. The average molecular weight is 480 g/mol. The van der Waals surface area contributed by atoms with Crippen molar-refractivity contribution in [1.82, 2.24) is 9.55 Å². The average Bonchev–Trinajstić information content (AvgIpc) is 2.79. The van der Waals surface area contributed by atoms with Crippen LogP contribution in [0.25, 0.3) is 10.9 Å². The Balaban J connectivity index is 0.000000509. The van der Waals surface area contributed by atoms with Crippen LogP contribution < -0.4 is 25.5 Å². The third-order valence-corrected chi connectivity index (χ3v) is 4.39. The van der Waals surface area contributed by atoms with Gasteiger partial charge in [-0.25, -0.2) is 4.98 Å². The molecule has 182 valence electrons. The van der Waals surface area contributed by atoms with Gasteiger partial charge in [-0.1, -0.05) is 12.1 Å². The number of alkyl halides is 3. The molecule has 2 heterocycles. The maximum absolute atomic E-state index is 12.1. The molecule has 0 saturated carbocycles. The number of carboxylic acid groups (broad SMARTS) is 1. The first-order valence-electron chi connectivity index (χ1n) is 9.82. The van der Waals surface area contributed by atoms with Crippen molar-refractivity contribution in [3.63, 3.8) is 0 Å². The number of aliphatic carboxylic acids is 1. The van der Waals surface area contributed by atoms with E-state index in [4.69, 9.17) is 19.4 Å². The lowest BCUT2D eigenvalue weighted by Gasteiger charge is -2.11. The highest BCUT2D eigenvalue weighted by atomic mass is 19.4. The second kappa shape index (κ2) is 11.7. The van der Waals surface area contributed by atoms with E-state index in [0.29, 0.717) is 30.3 Å². The first-order valence-corrected chi connectivity index (χ1v) is 9.82. The number of para-hydroxylation sites is 1. The van der Waals surface area contributed by atoms with Crippen LogP contribution in [-0.2, 0) is 16.6 Å². The zero-order valence-corrected chi connectivity index (χ0v) is 18.2. The number of pyridine rings is 2. The fraction of sp³-hybridized carbons (Fsp3) is 0.273. The molecule has 12 heteroatoms. The van der Waals surface area contributed by atoms with Gasteiger partial charge >= 0.3 is 6.18 Å². The van der Waals surface area contributed by atoms with Crippen LogP contribution in [0.2, 0.25) is 0 Å². The van der Waals surface area contributed by atoms with Crippen LogP contribution in [0, 0.1) is 0 Å². The minimum absolute atomic E-state index is 0.134. The van der Waals surface area contributed by atoms with Crippen molar-refractivity contribution in [3.05, 3.63) is 59.0 Å². The summed E-state index contributed by atoms with van der Waals surface area (Å²) in [4.78, 5) is 36.9. The number of benzene rings is 1. The van der Waals surface area contributed by atoms with Gasteiger partial charge in [-0.15, -0.1) is 0 Å². The summed E-state index contributed by atoms with van der Waals surface area (Å²) < 4.78 is 44.0. The molecule has 0 fully saturated rings. The van der Waals surface area contributed by atoms with Crippen molar-refractivity contribution in [2.45, 2.75) is 19.0 Å². The summed E-state index contributed by atoms with van der Waals surface area (Å²) in [6.45, 7) is 0.329. The molecule has 0 spiro atoms. The van der Waals surface area contributed by atoms with Crippen molar-refractivity contribution in [2.75, 3.05) is 19.0 Å². The van der Waals surface area contributed by atoms with Gasteiger partial charge in [-0.05, 0) is 24.6 Å². The Morgan fingerprint density at radius 1 is 1.18 bits per heavy atom. The predicted molar refractivity (Wildman–Crippen MR) is 114 cm³/mol. The highest BCUT2D eigenvalue weighted by Gasteiger charge is 2.28. The van der Waals surface area contributed by atoms with Crippen LogP contribution in [0.4, 0.5) is 19.0 Å². The Labute approximate surface area is 191 Å². The van der Waals surface area contributed by atoms with Gasteiger partial charge in [0.2, 0.25) is 5.91 Å². The van der Waals surface area contributed by atoms with Crippen molar-refractivity contribution in [1.29, 1.82) is 0 Å². The monoisotopic (exact) mass is 480 g/mol. The molecular formula is C22H21F3N3O6-. The summed E-state index contributed by atoms with van der Waals surface area (Å²) in [5.74, 6) is -1.57. The van der Waals surface area contributed by atoms with E-state index in [1.165, 1.54) is 6.07 Å². The van der Waals surface area contributed by atoms with E-state index in [-0.39, 0.29) is 17.9 Å². The molecule has 0 bridgehead atoms. The Bertz CT molecular complexity index is 1210. The molecule has 1 N–H and O–H groups in total. The summed E-state index contributed by atoms with van der Waals surface area (Å²) in [5.41, 5.74) is 0.674. The van der Waals surface area contributed by atoms with E-state index in [2.05, 4.69) is 10.3 Å². The van der Waals surface area contributed by atoms with E-state index < -0.39 is 12.1 Å². The zero-order chi connectivity index (χ0) is 25.3. The van der Waals surface area contributed by atoms with Crippen molar-refractivity contribution < 1.29 is 37.3 Å². The van der Waals surface area contributed by atoms with Crippen LogP contribution in [0.3, 0.4) is 0 Å². The number of rotatable bonds is 7. The number of aryl methyl sites for hydroxylation is 1.